The first kappa shape index (κ1) is 12.7. The predicted molar refractivity (Wildman–Crippen MR) is 76.4 cm³/mol. The number of para-hydroxylation sites is 1. The van der Waals surface area contributed by atoms with Gasteiger partial charge in [0.05, 0.1) is 0 Å². The normalized spacial score (nSPS) is 10.4. The molecule has 2 aromatic carbocycles. The first-order valence-corrected chi connectivity index (χ1v) is 6.54. The Hall–Kier alpha value is -1.76. The SMILES string of the molecule is CCCc1ccccc1Oc1cccc(C)c1C. The Kier molecular flexibility index (Phi) is 4.03. The minimum absolute atomic E-state index is 0.957. The summed E-state index contributed by atoms with van der Waals surface area (Å²) in [5, 5.41) is 0. The second kappa shape index (κ2) is 5.72. The number of benzene rings is 2. The predicted octanol–water partition coefficient (Wildman–Crippen LogP) is 5.05. The van der Waals surface area contributed by atoms with Crippen molar-refractivity contribution < 1.29 is 4.74 Å². The summed E-state index contributed by atoms with van der Waals surface area (Å²) in [6.45, 7) is 6.40. The second-order valence-electron chi connectivity index (χ2n) is 4.66. The molecule has 0 aliphatic heterocycles. The Morgan fingerprint density at radius 1 is 0.889 bits per heavy atom. The smallest absolute Gasteiger partial charge is 0.130 e. The molecular formula is C17H20O. The highest BCUT2D eigenvalue weighted by Crippen LogP contribution is 2.29. The van der Waals surface area contributed by atoms with Gasteiger partial charge in [-0.3, -0.25) is 0 Å². The number of aryl methyl sites for hydroxylation is 2. The molecule has 0 saturated carbocycles. The van der Waals surface area contributed by atoms with Crippen molar-refractivity contribution in [3.05, 3.63) is 59.2 Å². The average molecular weight is 240 g/mol. The van der Waals surface area contributed by atoms with Gasteiger partial charge < -0.3 is 4.74 Å². The van der Waals surface area contributed by atoms with E-state index in [0.717, 1.165) is 24.3 Å². The van der Waals surface area contributed by atoms with Gasteiger partial charge in [0.2, 0.25) is 0 Å². The minimum Gasteiger partial charge on any atom is -0.457 e. The third-order valence-electron chi connectivity index (χ3n) is 3.27. The Bertz CT molecular complexity index is 529. The van der Waals surface area contributed by atoms with Gasteiger partial charge in [-0.25, -0.2) is 0 Å². The van der Waals surface area contributed by atoms with Gasteiger partial charge in [0.15, 0.2) is 0 Å². The number of hydrogen-bond acceptors (Lipinski definition) is 1. The van der Waals surface area contributed by atoms with Crippen molar-refractivity contribution >= 4 is 0 Å². The van der Waals surface area contributed by atoms with Gasteiger partial charge >= 0.3 is 0 Å². The molecule has 2 rings (SSSR count). The van der Waals surface area contributed by atoms with Gasteiger partial charge in [-0.05, 0) is 49.1 Å². The molecule has 0 saturated heterocycles. The van der Waals surface area contributed by atoms with E-state index in [4.69, 9.17) is 4.74 Å². The summed E-state index contributed by atoms with van der Waals surface area (Å²) in [5.41, 5.74) is 3.75. The monoisotopic (exact) mass is 240 g/mol. The molecular weight excluding hydrogens is 220 g/mol. The highest BCUT2D eigenvalue weighted by atomic mass is 16.5. The zero-order chi connectivity index (χ0) is 13.0. The molecule has 2 aromatic rings. The third kappa shape index (κ3) is 2.73. The van der Waals surface area contributed by atoms with E-state index in [2.05, 4.69) is 39.0 Å². The second-order valence-corrected chi connectivity index (χ2v) is 4.66. The first-order valence-electron chi connectivity index (χ1n) is 6.54. The Morgan fingerprint density at radius 2 is 1.61 bits per heavy atom. The van der Waals surface area contributed by atoms with E-state index in [1.165, 1.54) is 16.7 Å². The minimum atomic E-state index is 0.957. The van der Waals surface area contributed by atoms with Crippen molar-refractivity contribution in [2.24, 2.45) is 0 Å². The van der Waals surface area contributed by atoms with Crippen LogP contribution in [0.3, 0.4) is 0 Å². The van der Waals surface area contributed by atoms with Crippen LogP contribution in [0.25, 0.3) is 0 Å². The summed E-state index contributed by atoms with van der Waals surface area (Å²) < 4.78 is 6.07. The van der Waals surface area contributed by atoms with E-state index in [0.29, 0.717) is 0 Å². The molecule has 1 nitrogen and oxygen atoms in total. The van der Waals surface area contributed by atoms with Gasteiger partial charge in [0.1, 0.15) is 11.5 Å². The van der Waals surface area contributed by atoms with Crippen molar-refractivity contribution in [3.8, 4) is 11.5 Å². The lowest BCUT2D eigenvalue weighted by Crippen LogP contribution is -1.94. The molecule has 0 bridgehead atoms. The fraction of sp³-hybridized carbons (Fsp3) is 0.294. The maximum atomic E-state index is 6.07. The van der Waals surface area contributed by atoms with E-state index in [-0.39, 0.29) is 0 Å². The molecule has 18 heavy (non-hydrogen) atoms. The van der Waals surface area contributed by atoms with Gasteiger partial charge in [-0.1, -0.05) is 43.7 Å². The van der Waals surface area contributed by atoms with Gasteiger partial charge in [0.25, 0.3) is 0 Å². The highest BCUT2D eigenvalue weighted by Gasteiger charge is 2.06. The quantitative estimate of drug-likeness (QED) is 0.726. The molecule has 0 unspecified atom stereocenters. The van der Waals surface area contributed by atoms with Crippen molar-refractivity contribution in [1.29, 1.82) is 0 Å². The molecule has 0 heterocycles. The average Bonchev–Trinajstić information content (AvgIpc) is 2.37. The summed E-state index contributed by atoms with van der Waals surface area (Å²) in [7, 11) is 0. The van der Waals surface area contributed by atoms with Crippen LogP contribution in [0.4, 0.5) is 0 Å². The molecule has 94 valence electrons. The van der Waals surface area contributed by atoms with Crippen LogP contribution in [0.5, 0.6) is 11.5 Å². The van der Waals surface area contributed by atoms with Crippen LogP contribution >= 0.6 is 0 Å². The Morgan fingerprint density at radius 3 is 2.39 bits per heavy atom. The first-order chi connectivity index (χ1) is 8.72. The summed E-state index contributed by atoms with van der Waals surface area (Å²) in [6.07, 6.45) is 2.19. The molecule has 0 spiro atoms. The number of hydrogen-bond donors (Lipinski definition) is 0. The Labute approximate surface area is 109 Å². The van der Waals surface area contributed by atoms with Gasteiger partial charge in [-0.15, -0.1) is 0 Å². The molecule has 0 amide bonds. The molecule has 0 aromatic heterocycles. The third-order valence-corrected chi connectivity index (χ3v) is 3.27. The molecule has 0 aliphatic carbocycles. The van der Waals surface area contributed by atoms with Crippen LogP contribution in [0, 0.1) is 13.8 Å². The van der Waals surface area contributed by atoms with E-state index in [1.807, 2.05) is 24.3 Å². The zero-order valence-corrected chi connectivity index (χ0v) is 11.4. The standard InChI is InChI=1S/C17H20O/c1-4-8-15-10-5-6-11-17(15)18-16-12-7-9-13(2)14(16)3/h5-7,9-12H,4,8H2,1-3H3. The maximum Gasteiger partial charge on any atom is 0.130 e. The van der Waals surface area contributed by atoms with Crippen molar-refractivity contribution in [1.82, 2.24) is 0 Å². The Balaban J connectivity index is 2.31. The lowest BCUT2D eigenvalue weighted by atomic mass is 10.1. The molecule has 0 fully saturated rings. The van der Waals surface area contributed by atoms with Crippen LogP contribution < -0.4 is 4.74 Å². The largest absolute Gasteiger partial charge is 0.457 e. The van der Waals surface area contributed by atoms with E-state index in [1.54, 1.807) is 0 Å². The van der Waals surface area contributed by atoms with Crippen LogP contribution in [0.2, 0.25) is 0 Å². The maximum absolute atomic E-state index is 6.07. The fourth-order valence-corrected chi connectivity index (χ4v) is 2.03. The number of ether oxygens (including phenoxy) is 1. The lowest BCUT2D eigenvalue weighted by Gasteiger charge is -2.13. The van der Waals surface area contributed by atoms with Crippen molar-refractivity contribution in [2.45, 2.75) is 33.6 Å². The summed E-state index contributed by atoms with van der Waals surface area (Å²) >= 11 is 0. The fourth-order valence-electron chi connectivity index (χ4n) is 2.03. The van der Waals surface area contributed by atoms with Gasteiger partial charge in [0, 0.05) is 0 Å². The van der Waals surface area contributed by atoms with Crippen molar-refractivity contribution in [2.75, 3.05) is 0 Å². The highest BCUT2D eigenvalue weighted by molar-refractivity contribution is 5.43. The molecule has 1 heteroatoms. The van der Waals surface area contributed by atoms with Gasteiger partial charge in [-0.2, -0.15) is 0 Å². The molecule has 0 radical (unpaired) electrons. The van der Waals surface area contributed by atoms with Crippen LogP contribution in [0.15, 0.2) is 42.5 Å². The topological polar surface area (TPSA) is 9.23 Å². The molecule has 0 atom stereocenters. The summed E-state index contributed by atoms with van der Waals surface area (Å²) in [5.74, 6) is 1.94. The number of rotatable bonds is 4. The summed E-state index contributed by atoms with van der Waals surface area (Å²) in [6, 6.07) is 14.5. The van der Waals surface area contributed by atoms with Crippen molar-refractivity contribution in [3.63, 3.8) is 0 Å². The van der Waals surface area contributed by atoms with Crippen LogP contribution in [-0.2, 0) is 6.42 Å². The molecule has 0 aliphatic rings. The van der Waals surface area contributed by atoms with E-state index >= 15 is 0 Å². The molecule has 0 N–H and O–H groups in total. The van der Waals surface area contributed by atoms with Crippen LogP contribution in [-0.4, -0.2) is 0 Å². The van der Waals surface area contributed by atoms with Crippen LogP contribution in [0.1, 0.15) is 30.0 Å². The zero-order valence-electron chi connectivity index (χ0n) is 11.4. The summed E-state index contributed by atoms with van der Waals surface area (Å²) in [4.78, 5) is 0. The van der Waals surface area contributed by atoms with E-state index in [9.17, 15) is 0 Å². The lowest BCUT2D eigenvalue weighted by molar-refractivity contribution is 0.471. The van der Waals surface area contributed by atoms with E-state index < -0.39 is 0 Å².